The van der Waals surface area contributed by atoms with Gasteiger partial charge < -0.3 is 15.5 Å². The predicted octanol–water partition coefficient (Wildman–Crippen LogP) is 2.14. The largest absolute Gasteiger partial charge is 0.399 e. The summed E-state index contributed by atoms with van der Waals surface area (Å²) in [5.74, 6) is 0.221. The molecule has 0 atom stereocenters. The smallest absolute Gasteiger partial charge is 0.226 e. The van der Waals surface area contributed by atoms with Gasteiger partial charge in [0, 0.05) is 24.8 Å². The summed E-state index contributed by atoms with van der Waals surface area (Å²) in [6, 6.07) is 8.25. The second kappa shape index (κ2) is 7.46. The lowest BCUT2D eigenvalue weighted by Gasteiger charge is -2.37. The minimum atomic E-state index is 0.221. The molecule has 2 rings (SSSR count). The molecule has 0 bridgehead atoms. The van der Waals surface area contributed by atoms with Gasteiger partial charge in [0.25, 0.3) is 0 Å². The topological polar surface area (TPSA) is 49.6 Å². The Morgan fingerprint density at radius 3 is 2.52 bits per heavy atom. The number of carbonyl (C=O) groups excluding carboxylic acids is 1. The number of amides is 1. The first-order valence-corrected chi connectivity index (χ1v) is 8.00. The van der Waals surface area contributed by atoms with Gasteiger partial charge in [-0.15, -0.1) is 0 Å². The third-order valence-corrected chi connectivity index (χ3v) is 4.45. The van der Waals surface area contributed by atoms with Crippen molar-refractivity contribution in [2.24, 2.45) is 0 Å². The van der Waals surface area contributed by atoms with E-state index in [2.05, 4.69) is 18.7 Å². The van der Waals surface area contributed by atoms with E-state index in [-0.39, 0.29) is 5.91 Å². The molecule has 1 heterocycles. The van der Waals surface area contributed by atoms with E-state index >= 15 is 0 Å². The van der Waals surface area contributed by atoms with E-state index in [1.165, 1.54) is 0 Å². The van der Waals surface area contributed by atoms with Crippen molar-refractivity contribution >= 4 is 11.6 Å². The van der Waals surface area contributed by atoms with Crippen molar-refractivity contribution in [3.63, 3.8) is 0 Å². The molecule has 1 aliphatic heterocycles. The molecule has 0 spiro atoms. The molecule has 1 saturated heterocycles. The Balaban J connectivity index is 1.86. The van der Waals surface area contributed by atoms with E-state index in [1.807, 2.05) is 29.2 Å². The summed E-state index contributed by atoms with van der Waals surface area (Å²) < 4.78 is 0. The number of rotatable bonds is 5. The first-order chi connectivity index (χ1) is 10.1. The Bertz CT molecular complexity index is 463. The average molecular weight is 289 g/mol. The van der Waals surface area contributed by atoms with Crippen LogP contribution in [0.2, 0.25) is 0 Å². The first kappa shape index (κ1) is 15.8. The lowest BCUT2D eigenvalue weighted by Crippen LogP contribution is -2.47. The predicted molar refractivity (Wildman–Crippen MR) is 87.1 cm³/mol. The van der Waals surface area contributed by atoms with E-state index in [1.54, 1.807) is 0 Å². The maximum absolute atomic E-state index is 12.4. The van der Waals surface area contributed by atoms with Gasteiger partial charge in [-0.25, -0.2) is 0 Å². The highest BCUT2D eigenvalue weighted by molar-refractivity contribution is 5.79. The third-order valence-electron chi connectivity index (χ3n) is 4.45. The molecule has 0 aliphatic carbocycles. The number of piperidine rings is 1. The van der Waals surface area contributed by atoms with Crippen molar-refractivity contribution in [3.8, 4) is 0 Å². The number of nitrogens with zero attached hydrogens (tertiary/aromatic N) is 2. The maximum atomic E-state index is 12.4. The van der Waals surface area contributed by atoms with Crippen LogP contribution in [-0.4, -0.2) is 47.9 Å². The standard InChI is InChI=1S/C17H27N3O/c1-3-19(4-2)16-8-10-20(11-9-16)17(21)13-14-6-5-7-15(18)12-14/h5-7,12,16H,3-4,8-11,13,18H2,1-2H3. The fraction of sp³-hybridized carbons (Fsp3) is 0.588. The third kappa shape index (κ3) is 4.21. The molecule has 1 amide bonds. The van der Waals surface area contributed by atoms with E-state index in [9.17, 15) is 4.79 Å². The number of likely N-dealkylation sites (tertiary alicyclic amines) is 1. The van der Waals surface area contributed by atoms with E-state index in [4.69, 9.17) is 5.73 Å². The first-order valence-electron chi connectivity index (χ1n) is 8.00. The van der Waals surface area contributed by atoms with Gasteiger partial charge in [-0.2, -0.15) is 0 Å². The lowest BCUT2D eigenvalue weighted by molar-refractivity contribution is -0.132. The second-order valence-corrected chi connectivity index (χ2v) is 5.75. The number of hydrogen-bond donors (Lipinski definition) is 1. The zero-order valence-corrected chi connectivity index (χ0v) is 13.2. The van der Waals surface area contributed by atoms with Crippen LogP contribution in [-0.2, 0) is 11.2 Å². The lowest BCUT2D eigenvalue weighted by atomic mass is 10.0. The van der Waals surface area contributed by atoms with Gasteiger partial charge in [0.2, 0.25) is 5.91 Å². The van der Waals surface area contributed by atoms with Crippen molar-refractivity contribution in [2.75, 3.05) is 31.9 Å². The molecule has 2 N–H and O–H groups in total. The van der Waals surface area contributed by atoms with Gasteiger partial charge in [-0.1, -0.05) is 26.0 Å². The van der Waals surface area contributed by atoms with Crippen LogP contribution in [0.15, 0.2) is 24.3 Å². The molecule has 0 radical (unpaired) electrons. The normalized spacial score (nSPS) is 16.4. The van der Waals surface area contributed by atoms with Gasteiger partial charge >= 0.3 is 0 Å². The molecular weight excluding hydrogens is 262 g/mol. The summed E-state index contributed by atoms with van der Waals surface area (Å²) in [5.41, 5.74) is 7.49. The Labute approximate surface area is 127 Å². The van der Waals surface area contributed by atoms with E-state index in [0.29, 0.717) is 12.5 Å². The Kier molecular flexibility index (Phi) is 5.62. The van der Waals surface area contributed by atoms with Gasteiger partial charge in [0.15, 0.2) is 0 Å². The van der Waals surface area contributed by atoms with Crippen LogP contribution >= 0.6 is 0 Å². The van der Waals surface area contributed by atoms with Crippen LogP contribution in [0.4, 0.5) is 5.69 Å². The monoisotopic (exact) mass is 289 g/mol. The summed E-state index contributed by atoms with van der Waals surface area (Å²) in [7, 11) is 0. The van der Waals surface area contributed by atoms with E-state index in [0.717, 1.165) is 50.3 Å². The SMILES string of the molecule is CCN(CC)C1CCN(C(=O)Cc2cccc(N)c2)CC1. The minimum absolute atomic E-state index is 0.221. The maximum Gasteiger partial charge on any atom is 0.226 e. The van der Waals surface area contributed by atoms with Gasteiger partial charge in [-0.05, 0) is 43.6 Å². The zero-order valence-electron chi connectivity index (χ0n) is 13.2. The molecule has 0 saturated carbocycles. The summed E-state index contributed by atoms with van der Waals surface area (Å²) in [6.45, 7) is 8.36. The minimum Gasteiger partial charge on any atom is -0.399 e. The second-order valence-electron chi connectivity index (χ2n) is 5.75. The summed E-state index contributed by atoms with van der Waals surface area (Å²) in [6.07, 6.45) is 2.63. The number of nitrogens with two attached hydrogens (primary N) is 1. The van der Waals surface area contributed by atoms with Crippen LogP contribution in [0.3, 0.4) is 0 Å². The molecule has 4 heteroatoms. The molecule has 1 aliphatic rings. The fourth-order valence-corrected chi connectivity index (χ4v) is 3.21. The Morgan fingerprint density at radius 2 is 1.95 bits per heavy atom. The highest BCUT2D eigenvalue weighted by atomic mass is 16.2. The Morgan fingerprint density at radius 1 is 1.29 bits per heavy atom. The number of benzene rings is 1. The number of nitrogen functional groups attached to an aromatic ring is 1. The van der Waals surface area contributed by atoms with Crippen LogP contribution in [0.25, 0.3) is 0 Å². The molecule has 116 valence electrons. The summed E-state index contributed by atoms with van der Waals surface area (Å²) >= 11 is 0. The number of anilines is 1. The van der Waals surface area contributed by atoms with Crippen LogP contribution in [0, 0.1) is 0 Å². The van der Waals surface area contributed by atoms with Crippen molar-refractivity contribution < 1.29 is 4.79 Å². The fourth-order valence-electron chi connectivity index (χ4n) is 3.21. The van der Waals surface area contributed by atoms with Crippen LogP contribution in [0.5, 0.6) is 0 Å². The van der Waals surface area contributed by atoms with Gasteiger partial charge in [0.1, 0.15) is 0 Å². The van der Waals surface area contributed by atoms with Crippen LogP contribution in [0.1, 0.15) is 32.3 Å². The summed E-state index contributed by atoms with van der Waals surface area (Å²) in [5, 5.41) is 0. The molecular formula is C17H27N3O. The van der Waals surface area contributed by atoms with E-state index < -0.39 is 0 Å². The highest BCUT2D eigenvalue weighted by Gasteiger charge is 2.25. The molecule has 4 nitrogen and oxygen atoms in total. The number of hydrogen-bond acceptors (Lipinski definition) is 3. The molecule has 1 fully saturated rings. The molecule has 1 aromatic carbocycles. The quantitative estimate of drug-likeness (QED) is 0.845. The summed E-state index contributed by atoms with van der Waals surface area (Å²) in [4.78, 5) is 16.9. The average Bonchev–Trinajstić information content (AvgIpc) is 2.49. The van der Waals surface area contributed by atoms with Gasteiger partial charge in [-0.3, -0.25) is 4.79 Å². The van der Waals surface area contributed by atoms with Crippen molar-refractivity contribution in [2.45, 2.75) is 39.2 Å². The molecule has 21 heavy (non-hydrogen) atoms. The van der Waals surface area contributed by atoms with Gasteiger partial charge in [0.05, 0.1) is 6.42 Å². The molecule has 0 unspecified atom stereocenters. The molecule has 1 aromatic rings. The Hall–Kier alpha value is -1.55. The van der Waals surface area contributed by atoms with Crippen LogP contribution < -0.4 is 5.73 Å². The number of carbonyl (C=O) groups is 1. The van der Waals surface area contributed by atoms with Crippen molar-refractivity contribution in [3.05, 3.63) is 29.8 Å². The van der Waals surface area contributed by atoms with Crippen molar-refractivity contribution in [1.82, 2.24) is 9.80 Å². The highest BCUT2D eigenvalue weighted by Crippen LogP contribution is 2.17. The zero-order chi connectivity index (χ0) is 15.2. The van der Waals surface area contributed by atoms with Crippen molar-refractivity contribution in [1.29, 1.82) is 0 Å². The molecule has 0 aromatic heterocycles.